The van der Waals surface area contributed by atoms with Crippen LogP contribution >= 0.6 is 23.2 Å². The number of anilines is 2. The van der Waals surface area contributed by atoms with Gasteiger partial charge in [0.2, 0.25) is 11.8 Å². The number of Topliss-reactive ketones (excluding diaryl/α,β-unsaturated/α-hetero) is 1. The van der Waals surface area contributed by atoms with Crippen LogP contribution < -0.4 is 15.1 Å². The predicted molar refractivity (Wildman–Crippen MR) is 215 cm³/mol. The molecule has 2 saturated heterocycles. The van der Waals surface area contributed by atoms with Crippen LogP contribution in [-0.4, -0.2) is 46.6 Å². The maximum atomic E-state index is 15.6. The van der Waals surface area contributed by atoms with E-state index in [9.17, 15) is 19.5 Å². The van der Waals surface area contributed by atoms with E-state index in [2.05, 4.69) is 5.43 Å². The van der Waals surface area contributed by atoms with Gasteiger partial charge in [0.1, 0.15) is 11.5 Å². The first-order chi connectivity index (χ1) is 27.4. The van der Waals surface area contributed by atoms with Crippen molar-refractivity contribution in [3.63, 3.8) is 0 Å². The first kappa shape index (κ1) is 36.7. The van der Waals surface area contributed by atoms with Crippen LogP contribution in [0.1, 0.15) is 47.2 Å². The summed E-state index contributed by atoms with van der Waals surface area (Å²) < 4.78 is 5.49. The Balaban J connectivity index is 1.25. The lowest BCUT2D eigenvalue weighted by molar-refractivity contribution is -0.138. The van der Waals surface area contributed by atoms with E-state index in [1.165, 1.54) is 25.0 Å². The zero-order chi connectivity index (χ0) is 39.9. The van der Waals surface area contributed by atoms with Gasteiger partial charge in [0.05, 0.1) is 46.7 Å². The average Bonchev–Trinajstić information content (AvgIpc) is 3.59. The fourth-order valence-corrected chi connectivity index (χ4v) is 10.2. The molecule has 2 aliphatic heterocycles. The number of benzene rings is 5. The van der Waals surface area contributed by atoms with Gasteiger partial charge in [0, 0.05) is 27.5 Å². The molecule has 2 N–H and O–H groups in total. The van der Waals surface area contributed by atoms with Gasteiger partial charge in [-0.3, -0.25) is 34.3 Å². The molecule has 2 aliphatic carbocycles. The third kappa shape index (κ3) is 5.41. The summed E-state index contributed by atoms with van der Waals surface area (Å²) in [5.74, 6) is -5.87. The monoisotopic (exact) mass is 799 g/mol. The number of carbonyl (C=O) groups excluding carboxylic acids is 5. The van der Waals surface area contributed by atoms with Crippen molar-refractivity contribution in [2.45, 2.75) is 31.1 Å². The number of aromatic hydroxyl groups is 1. The number of hydrogen-bond acceptors (Lipinski definition) is 8. The highest BCUT2D eigenvalue weighted by molar-refractivity contribution is 6.36. The van der Waals surface area contributed by atoms with Crippen molar-refractivity contribution < 1.29 is 33.8 Å². The number of imide groups is 2. The number of methoxy groups -OCH3 is 1. The summed E-state index contributed by atoms with van der Waals surface area (Å²) in [7, 11) is 1.53. The smallest absolute Gasteiger partial charge is 0.260 e. The molecule has 0 bridgehead atoms. The Labute approximate surface area is 337 Å². The van der Waals surface area contributed by atoms with Crippen molar-refractivity contribution in [2.75, 3.05) is 17.4 Å². The van der Waals surface area contributed by atoms with Gasteiger partial charge in [-0.05, 0) is 91.2 Å². The zero-order valence-electron chi connectivity index (χ0n) is 30.7. The summed E-state index contributed by atoms with van der Waals surface area (Å²) in [6, 6.07) is 29.0. The lowest BCUT2D eigenvalue weighted by Gasteiger charge is -2.50. The maximum absolute atomic E-state index is 15.6. The molecule has 5 aromatic carbocycles. The Kier molecular flexibility index (Phi) is 8.75. The van der Waals surface area contributed by atoms with Crippen LogP contribution in [0.3, 0.4) is 0 Å². The number of amides is 4. The molecule has 6 unspecified atom stereocenters. The number of nitrogens with zero attached hydrogens (tertiary/aromatic N) is 2. The highest BCUT2D eigenvalue weighted by Gasteiger charge is 2.70. The van der Waals surface area contributed by atoms with Gasteiger partial charge in [-0.15, -0.1) is 0 Å². The number of allylic oxidation sites excluding steroid dienone is 2. The number of phenolic OH excluding ortho intramolecular Hbond substituents is 1. The molecule has 10 nitrogen and oxygen atoms in total. The highest BCUT2D eigenvalue weighted by Crippen LogP contribution is 2.65. The molecule has 1 saturated carbocycles. The number of fused-ring (bicyclic) bond motifs is 5. The molecule has 0 spiro atoms. The fraction of sp³-hybridized carbons (Fsp3) is 0.222. The molecule has 3 fully saturated rings. The van der Waals surface area contributed by atoms with Crippen molar-refractivity contribution in [1.82, 2.24) is 5.01 Å². The summed E-state index contributed by atoms with van der Waals surface area (Å²) in [6.07, 6.45) is 2.18. The van der Waals surface area contributed by atoms with E-state index in [-0.39, 0.29) is 41.0 Å². The molecular weight excluding hydrogens is 765 g/mol. The Hall–Kier alpha value is -5.97. The van der Waals surface area contributed by atoms with Crippen LogP contribution in [0.15, 0.2) is 115 Å². The van der Waals surface area contributed by atoms with Crippen LogP contribution in [0.2, 0.25) is 10.0 Å². The summed E-state index contributed by atoms with van der Waals surface area (Å²) in [4.78, 5) is 72.7. The van der Waals surface area contributed by atoms with Crippen LogP contribution in [0.5, 0.6) is 11.5 Å². The molecule has 286 valence electrons. The van der Waals surface area contributed by atoms with Crippen LogP contribution in [0.25, 0.3) is 10.8 Å². The van der Waals surface area contributed by atoms with E-state index in [4.69, 9.17) is 27.9 Å². The molecule has 2 heterocycles. The largest absolute Gasteiger partial charge is 0.507 e. The molecule has 0 aromatic heterocycles. The van der Waals surface area contributed by atoms with E-state index in [1.54, 1.807) is 72.8 Å². The molecule has 57 heavy (non-hydrogen) atoms. The zero-order valence-corrected chi connectivity index (χ0v) is 32.3. The Morgan fingerprint density at radius 2 is 1.60 bits per heavy atom. The number of hydrogen-bond donors (Lipinski definition) is 2. The van der Waals surface area contributed by atoms with E-state index in [0.29, 0.717) is 44.1 Å². The van der Waals surface area contributed by atoms with Crippen molar-refractivity contribution in [2.24, 2.45) is 23.7 Å². The van der Waals surface area contributed by atoms with E-state index in [0.717, 1.165) is 10.4 Å². The summed E-state index contributed by atoms with van der Waals surface area (Å²) in [6.45, 7) is 1.44. The van der Waals surface area contributed by atoms with Crippen LogP contribution in [0.4, 0.5) is 11.4 Å². The van der Waals surface area contributed by atoms with Gasteiger partial charge in [-0.2, -0.15) is 5.01 Å². The molecular formula is C45H35Cl2N3O7. The fourth-order valence-electron chi connectivity index (χ4n) is 9.79. The standard InChI is InChI=1S/C45H35Cl2N3O7/c1-23(51)24-7-13-28(14-8-24)49-41(53)32-19-18-31-34(38(32)43(49)55)22-35-42(54)50(48-37-20-12-27(46)21-36(37)47)44(56)45(35,26-10-15-29(57-2)16-11-26)39(31)33-17-9-25-5-3-4-6-30(25)40(33)52/h3-18,20-21,32,34-35,38-39,48,52H,19,22H2,1-2H3. The van der Waals surface area contributed by atoms with Crippen molar-refractivity contribution in [3.8, 4) is 11.5 Å². The minimum Gasteiger partial charge on any atom is -0.507 e. The van der Waals surface area contributed by atoms with Crippen LogP contribution in [-0.2, 0) is 24.6 Å². The number of ketones is 1. The lowest BCUT2D eigenvalue weighted by Crippen LogP contribution is -2.53. The number of nitrogens with one attached hydrogen (secondary N) is 1. The predicted octanol–water partition coefficient (Wildman–Crippen LogP) is 8.25. The van der Waals surface area contributed by atoms with Gasteiger partial charge in [0.25, 0.3) is 11.8 Å². The third-order valence-corrected chi connectivity index (χ3v) is 12.9. The molecule has 9 rings (SSSR count). The van der Waals surface area contributed by atoms with Crippen molar-refractivity contribution >= 4 is 74.8 Å². The van der Waals surface area contributed by atoms with E-state index >= 15 is 9.59 Å². The minimum absolute atomic E-state index is 0.0527. The van der Waals surface area contributed by atoms with E-state index < -0.39 is 52.7 Å². The summed E-state index contributed by atoms with van der Waals surface area (Å²) in [5, 5.41) is 15.1. The molecule has 0 radical (unpaired) electrons. The Morgan fingerprint density at radius 1 is 0.860 bits per heavy atom. The first-order valence-electron chi connectivity index (χ1n) is 18.6. The molecule has 12 heteroatoms. The normalized spacial score (nSPS) is 25.3. The molecule has 6 atom stereocenters. The molecule has 4 amide bonds. The van der Waals surface area contributed by atoms with Gasteiger partial charge in [0.15, 0.2) is 5.78 Å². The number of phenols is 1. The second-order valence-electron chi connectivity index (χ2n) is 15.1. The topological polar surface area (TPSA) is 133 Å². The lowest BCUT2D eigenvalue weighted by atomic mass is 9.49. The second-order valence-corrected chi connectivity index (χ2v) is 15.9. The number of hydrazine groups is 1. The van der Waals surface area contributed by atoms with Gasteiger partial charge in [-0.25, -0.2) is 0 Å². The SMILES string of the molecule is COc1ccc(C23C(=O)N(Nc4ccc(Cl)cc4Cl)C(=O)C2CC2C(=CCC4C(=O)N(c5ccc(C(C)=O)cc5)C(=O)C42)C3c2ccc3ccccc3c2O)cc1. The maximum Gasteiger partial charge on any atom is 0.260 e. The number of halogens is 2. The number of ether oxygens (including phenoxy) is 1. The molecule has 5 aromatic rings. The van der Waals surface area contributed by atoms with Crippen LogP contribution in [0, 0.1) is 23.7 Å². The summed E-state index contributed by atoms with van der Waals surface area (Å²) in [5.41, 5.74) is 4.03. The van der Waals surface area contributed by atoms with Gasteiger partial charge < -0.3 is 9.84 Å². The Bertz CT molecular complexity index is 2590. The van der Waals surface area contributed by atoms with Crippen molar-refractivity contribution in [1.29, 1.82) is 0 Å². The summed E-state index contributed by atoms with van der Waals surface area (Å²) >= 11 is 12.8. The average molecular weight is 801 g/mol. The van der Waals surface area contributed by atoms with Gasteiger partial charge >= 0.3 is 0 Å². The van der Waals surface area contributed by atoms with Gasteiger partial charge in [-0.1, -0.05) is 83.4 Å². The Morgan fingerprint density at radius 3 is 2.30 bits per heavy atom. The second kappa shape index (κ2) is 13.6. The first-order valence-corrected chi connectivity index (χ1v) is 19.3. The van der Waals surface area contributed by atoms with Crippen molar-refractivity contribution in [3.05, 3.63) is 142 Å². The number of rotatable bonds is 7. The quantitative estimate of drug-likeness (QED) is 0.0956. The highest BCUT2D eigenvalue weighted by atomic mass is 35.5. The third-order valence-electron chi connectivity index (χ3n) is 12.4. The van der Waals surface area contributed by atoms with E-state index in [1.807, 2.05) is 30.3 Å². The molecule has 4 aliphatic rings. The number of carbonyl (C=O) groups is 5. The minimum atomic E-state index is -1.64.